The van der Waals surface area contributed by atoms with E-state index in [2.05, 4.69) is 5.32 Å². The van der Waals surface area contributed by atoms with Crippen LogP contribution in [0, 0.1) is 11.3 Å². The van der Waals surface area contributed by atoms with Crippen molar-refractivity contribution in [1.82, 2.24) is 5.32 Å². The van der Waals surface area contributed by atoms with E-state index >= 15 is 0 Å². The molecule has 0 spiro atoms. The number of carbonyl (C=O) groups is 2. The number of halogens is 1. The number of fused-ring (bicyclic) bond motifs is 1. The lowest BCUT2D eigenvalue weighted by Crippen LogP contribution is -2.31. The summed E-state index contributed by atoms with van der Waals surface area (Å²) in [5.41, 5.74) is 2.52. The summed E-state index contributed by atoms with van der Waals surface area (Å²) >= 11 is 6.17. The van der Waals surface area contributed by atoms with E-state index in [1.807, 2.05) is 18.2 Å². The number of alkyl carbamates (subject to hydrolysis) is 1. The molecule has 0 aromatic heterocycles. The van der Waals surface area contributed by atoms with Gasteiger partial charge in [0.15, 0.2) is 6.10 Å². The number of nitriles is 1. The minimum Gasteiger partial charge on any atom is -0.456 e. The van der Waals surface area contributed by atoms with E-state index in [9.17, 15) is 9.59 Å². The number of rotatable bonds is 3. The Hall–Kier alpha value is -3.04. The molecular formula is C20H15ClN2O4. The summed E-state index contributed by atoms with van der Waals surface area (Å²) in [6, 6.07) is 12.5. The number of imide groups is 1. The Balaban J connectivity index is 1.59. The van der Waals surface area contributed by atoms with E-state index < -0.39 is 12.2 Å². The quantitative estimate of drug-likeness (QED) is 0.864. The zero-order valence-electron chi connectivity index (χ0n) is 14.2. The first-order valence-electron chi connectivity index (χ1n) is 8.57. The van der Waals surface area contributed by atoms with Gasteiger partial charge in [0, 0.05) is 5.92 Å². The van der Waals surface area contributed by atoms with E-state index in [1.54, 1.807) is 24.3 Å². The van der Waals surface area contributed by atoms with Crippen LogP contribution >= 0.6 is 11.6 Å². The average molecular weight is 383 g/mol. The maximum absolute atomic E-state index is 12.0. The molecule has 1 heterocycles. The number of cyclic esters (lactones) is 1. The van der Waals surface area contributed by atoms with E-state index in [4.69, 9.17) is 26.3 Å². The van der Waals surface area contributed by atoms with Crippen molar-refractivity contribution in [2.24, 2.45) is 0 Å². The number of nitrogens with one attached hydrogen (secondary N) is 1. The van der Waals surface area contributed by atoms with E-state index in [0.29, 0.717) is 22.1 Å². The fourth-order valence-electron chi connectivity index (χ4n) is 3.62. The van der Waals surface area contributed by atoms with Crippen molar-refractivity contribution >= 4 is 23.6 Å². The van der Waals surface area contributed by atoms with Crippen molar-refractivity contribution < 1.29 is 19.1 Å². The molecule has 0 unspecified atom stereocenters. The predicted octanol–water partition coefficient (Wildman–Crippen LogP) is 4.06. The van der Waals surface area contributed by atoms with Crippen LogP contribution in [0.15, 0.2) is 36.4 Å². The zero-order valence-corrected chi connectivity index (χ0v) is 15.0. The Bertz CT molecular complexity index is 982. The molecule has 2 aliphatic rings. The molecule has 6 nitrogen and oxygen atoms in total. The lowest BCUT2D eigenvalue weighted by molar-refractivity contribution is -0.124. The van der Waals surface area contributed by atoms with Gasteiger partial charge >= 0.3 is 6.09 Å². The van der Waals surface area contributed by atoms with E-state index in [-0.39, 0.29) is 11.8 Å². The Kier molecular flexibility index (Phi) is 4.46. The molecule has 27 heavy (non-hydrogen) atoms. The number of nitrogens with zero attached hydrogens (tertiary/aromatic N) is 1. The fourth-order valence-corrected chi connectivity index (χ4v) is 3.84. The largest absolute Gasteiger partial charge is 0.456 e. The molecule has 1 fully saturated rings. The molecule has 0 radical (unpaired) electrons. The van der Waals surface area contributed by atoms with Crippen molar-refractivity contribution in [3.63, 3.8) is 0 Å². The van der Waals surface area contributed by atoms with Crippen molar-refractivity contribution in [3.8, 4) is 17.6 Å². The fraction of sp³-hybridized carbons (Fsp3) is 0.250. The molecule has 2 aromatic rings. The predicted molar refractivity (Wildman–Crippen MR) is 96.8 cm³/mol. The molecule has 136 valence electrons. The van der Waals surface area contributed by atoms with Crippen LogP contribution in [-0.4, -0.2) is 18.1 Å². The van der Waals surface area contributed by atoms with Crippen LogP contribution in [0.25, 0.3) is 0 Å². The number of hydrogen-bond donors (Lipinski definition) is 1. The van der Waals surface area contributed by atoms with Gasteiger partial charge in [-0.3, -0.25) is 10.1 Å². The van der Waals surface area contributed by atoms with E-state index in [0.717, 1.165) is 30.4 Å². The molecule has 4 rings (SSSR count). The SMILES string of the molecule is N#Cc1ccc(Oc2ccc3c(c2)CCC[C@H]3[C@@H]2OC(=O)NC2=O)c(Cl)c1. The monoisotopic (exact) mass is 382 g/mol. The van der Waals surface area contributed by atoms with Crippen molar-refractivity contribution in [3.05, 3.63) is 58.1 Å². The number of amides is 2. The first-order chi connectivity index (χ1) is 13.0. The minimum atomic E-state index is -0.781. The molecule has 0 bridgehead atoms. The summed E-state index contributed by atoms with van der Waals surface area (Å²) in [6.07, 6.45) is 1.05. The second-order valence-electron chi connectivity index (χ2n) is 6.53. The first-order valence-corrected chi connectivity index (χ1v) is 8.95. The summed E-state index contributed by atoms with van der Waals surface area (Å²) in [4.78, 5) is 23.3. The van der Waals surface area contributed by atoms with Gasteiger partial charge in [-0.1, -0.05) is 17.7 Å². The Morgan fingerprint density at radius 3 is 2.78 bits per heavy atom. The zero-order chi connectivity index (χ0) is 19.0. The smallest absolute Gasteiger partial charge is 0.414 e. The van der Waals surface area contributed by atoms with Gasteiger partial charge in [-0.15, -0.1) is 0 Å². The van der Waals surface area contributed by atoms with Crippen LogP contribution in [0.3, 0.4) is 0 Å². The van der Waals surface area contributed by atoms with Gasteiger partial charge < -0.3 is 9.47 Å². The Labute approximate surface area is 160 Å². The highest BCUT2D eigenvalue weighted by Crippen LogP contribution is 2.39. The summed E-state index contributed by atoms with van der Waals surface area (Å²) in [6.45, 7) is 0. The third-order valence-corrected chi connectivity index (χ3v) is 5.14. The van der Waals surface area contributed by atoms with E-state index in [1.165, 1.54) is 0 Å². The van der Waals surface area contributed by atoms with Crippen LogP contribution in [0.1, 0.15) is 35.4 Å². The second kappa shape index (κ2) is 6.93. The van der Waals surface area contributed by atoms with Gasteiger partial charge in [0.1, 0.15) is 11.5 Å². The van der Waals surface area contributed by atoms with Crippen molar-refractivity contribution in [2.45, 2.75) is 31.3 Å². The van der Waals surface area contributed by atoms with Crippen LogP contribution < -0.4 is 10.1 Å². The minimum absolute atomic E-state index is 0.159. The molecular weight excluding hydrogens is 368 g/mol. The first kappa shape index (κ1) is 17.4. The van der Waals surface area contributed by atoms with Gasteiger partial charge in [0.25, 0.3) is 5.91 Å². The number of hydrogen-bond acceptors (Lipinski definition) is 5. The highest BCUT2D eigenvalue weighted by molar-refractivity contribution is 6.32. The molecule has 7 heteroatoms. The van der Waals surface area contributed by atoms with Gasteiger partial charge in [-0.05, 0) is 60.7 Å². The molecule has 1 N–H and O–H groups in total. The normalized spacial score (nSPS) is 21.0. The summed E-state index contributed by atoms with van der Waals surface area (Å²) in [5, 5.41) is 11.5. The molecule has 0 saturated carbocycles. The number of benzene rings is 2. The third kappa shape index (κ3) is 3.34. The van der Waals surface area contributed by atoms with Gasteiger partial charge in [-0.2, -0.15) is 5.26 Å². The van der Waals surface area contributed by atoms with Crippen molar-refractivity contribution in [1.29, 1.82) is 5.26 Å². The topological polar surface area (TPSA) is 88.4 Å². The lowest BCUT2D eigenvalue weighted by Gasteiger charge is -2.28. The molecule has 2 atom stereocenters. The van der Waals surface area contributed by atoms with Crippen LogP contribution in [0.5, 0.6) is 11.5 Å². The van der Waals surface area contributed by atoms with Gasteiger partial charge in [-0.25, -0.2) is 4.79 Å². The Morgan fingerprint density at radius 2 is 2.07 bits per heavy atom. The molecule has 1 saturated heterocycles. The Morgan fingerprint density at radius 1 is 1.22 bits per heavy atom. The summed E-state index contributed by atoms with van der Waals surface area (Å²) in [7, 11) is 0. The number of aryl methyl sites for hydroxylation is 1. The third-order valence-electron chi connectivity index (χ3n) is 4.85. The highest BCUT2D eigenvalue weighted by atomic mass is 35.5. The van der Waals surface area contributed by atoms with Gasteiger partial charge in [0.2, 0.25) is 0 Å². The maximum atomic E-state index is 12.0. The van der Waals surface area contributed by atoms with Crippen LogP contribution in [0.2, 0.25) is 5.02 Å². The number of carbonyl (C=O) groups excluding carboxylic acids is 2. The lowest BCUT2D eigenvalue weighted by atomic mass is 9.79. The molecule has 2 amide bonds. The maximum Gasteiger partial charge on any atom is 0.414 e. The summed E-state index contributed by atoms with van der Waals surface area (Å²) < 4.78 is 11.0. The highest BCUT2D eigenvalue weighted by Gasteiger charge is 2.41. The number of ether oxygens (including phenoxy) is 2. The van der Waals surface area contributed by atoms with Crippen molar-refractivity contribution in [2.75, 3.05) is 0 Å². The molecule has 2 aromatic carbocycles. The van der Waals surface area contributed by atoms with Crippen LogP contribution in [-0.2, 0) is 16.0 Å². The molecule has 1 aliphatic carbocycles. The molecule has 1 aliphatic heterocycles. The van der Waals surface area contributed by atoms with Crippen LogP contribution in [0.4, 0.5) is 4.79 Å². The average Bonchev–Trinajstić information content (AvgIpc) is 3.00. The second-order valence-corrected chi connectivity index (χ2v) is 6.94. The standard InChI is InChI=1S/C20H15ClN2O4/c21-16-8-11(10-22)4-7-17(16)26-13-5-6-14-12(9-13)2-1-3-15(14)18-19(24)23-20(25)27-18/h4-9,15,18H,1-3H2,(H,23,24,25)/t15-,18+/m1/s1. The van der Waals surface area contributed by atoms with Gasteiger partial charge in [0.05, 0.1) is 16.7 Å². The summed E-state index contributed by atoms with van der Waals surface area (Å²) in [5.74, 6) is 0.538.